The Morgan fingerprint density at radius 2 is 2.28 bits per heavy atom. The van der Waals surface area contributed by atoms with Crippen LogP contribution in [-0.4, -0.2) is 21.8 Å². The first kappa shape index (κ1) is 12.7. The number of hydrogen-bond acceptors (Lipinski definition) is 2. The van der Waals surface area contributed by atoms with Crippen molar-refractivity contribution in [1.29, 1.82) is 0 Å². The van der Waals surface area contributed by atoms with Gasteiger partial charge in [-0.05, 0) is 12.8 Å². The van der Waals surface area contributed by atoms with E-state index < -0.39 is 11.9 Å². The second kappa shape index (κ2) is 4.51. The average Bonchev–Trinajstić information content (AvgIpc) is 2.95. The number of nitrogens with two attached hydrogens (primary N) is 1. The molecule has 1 aliphatic carbocycles. The minimum Gasteiger partial charge on any atom is -0.370 e. The predicted octanol–water partition coefficient (Wildman–Crippen LogP) is 1.01. The smallest absolute Gasteiger partial charge is 0.370 e. The van der Waals surface area contributed by atoms with Crippen molar-refractivity contribution in [3.8, 4) is 0 Å². The quantitative estimate of drug-likeness (QED) is 0.630. The van der Waals surface area contributed by atoms with Crippen molar-refractivity contribution < 1.29 is 13.2 Å². The first-order chi connectivity index (χ1) is 8.36. The molecule has 5 nitrogen and oxygen atoms in total. The van der Waals surface area contributed by atoms with Gasteiger partial charge in [0.15, 0.2) is 11.7 Å². The number of aryl methyl sites for hydroxylation is 1. The topological polar surface area (TPSA) is 68.2 Å². The summed E-state index contributed by atoms with van der Waals surface area (Å²) in [7, 11) is 1.44. The molecule has 1 aromatic heterocycles. The Morgan fingerprint density at radius 3 is 2.83 bits per heavy atom. The average molecular weight is 261 g/mol. The summed E-state index contributed by atoms with van der Waals surface area (Å²) in [5.74, 6) is 0.175. The molecule has 100 valence electrons. The maximum atomic E-state index is 12.6. The highest BCUT2D eigenvalue weighted by Gasteiger charge is 2.36. The van der Waals surface area contributed by atoms with Crippen LogP contribution in [0.5, 0.6) is 0 Å². The molecular formula is C10H14F3N5. The summed E-state index contributed by atoms with van der Waals surface area (Å²) in [6.07, 6.45) is -1.12. The van der Waals surface area contributed by atoms with Crippen molar-refractivity contribution in [2.24, 2.45) is 17.8 Å². The van der Waals surface area contributed by atoms with Gasteiger partial charge in [-0.15, -0.1) is 0 Å². The molecular weight excluding hydrogens is 247 g/mol. The van der Waals surface area contributed by atoms with E-state index >= 15 is 0 Å². The molecule has 0 spiro atoms. The zero-order valence-electron chi connectivity index (χ0n) is 9.83. The molecule has 0 aliphatic heterocycles. The molecule has 0 saturated heterocycles. The third-order valence-electron chi connectivity index (χ3n) is 2.52. The minimum absolute atomic E-state index is 0.0190. The summed E-state index contributed by atoms with van der Waals surface area (Å²) >= 11 is 0. The van der Waals surface area contributed by atoms with E-state index in [4.69, 9.17) is 5.73 Å². The highest BCUT2D eigenvalue weighted by atomic mass is 19.4. The molecule has 0 aromatic carbocycles. The van der Waals surface area contributed by atoms with E-state index in [-0.39, 0.29) is 18.1 Å². The molecule has 1 saturated carbocycles. The lowest BCUT2D eigenvalue weighted by Gasteiger charge is -2.05. The molecule has 18 heavy (non-hydrogen) atoms. The number of hydrogen-bond donors (Lipinski definition) is 2. The molecule has 8 heteroatoms. The number of guanidine groups is 1. The van der Waals surface area contributed by atoms with Gasteiger partial charge < -0.3 is 11.1 Å². The standard InChI is InChI=1S/C10H14F3N5/c1-18-5-6(8(17-18)10(11,12)13)4-15-9(14)16-7-2-3-7/h5,7H,2-4H2,1H3,(H3,14,15,16). The fourth-order valence-electron chi connectivity index (χ4n) is 1.54. The zero-order chi connectivity index (χ0) is 13.3. The van der Waals surface area contributed by atoms with E-state index in [1.807, 2.05) is 0 Å². The van der Waals surface area contributed by atoms with Crippen LogP contribution in [0.1, 0.15) is 24.1 Å². The van der Waals surface area contributed by atoms with Gasteiger partial charge >= 0.3 is 6.18 Å². The monoisotopic (exact) mass is 261 g/mol. The van der Waals surface area contributed by atoms with E-state index in [1.165, 1.54) is 13.2 Å². The minimum atomic E-state index is -4.47. The Morgan fingerprint density at radius 1 is 1.61 bits per heavy atom. The Balaban J connectivity index is 2.08. The summed E-state index contributed by atoms with van der Waals surface area (Å²) in [5.41, 5.74) is 4.67. The van der Waals surface area contributed by atoms with Gasteiger partial charge in [-0.2, -0.15) is 18.3 Å². The van der Waals surface area contributed by atoms with Crippen molar-refractivity contribution in [3.05, 3.63) is 17.5 Å². The van der Waals surface area contributed by atoms with Gasteiger partial charge in [0.2, 0.25) is 0 Å². The van der Waals surface area contributed by atoms with Crippen molar-refractivity contribution in [2.45, 2.75) is 31.6 Å². The molecule has 0 amide bonds. The van der Waals surface area contributed by atoms with Crippen molar-refractivity contribution >= 4 is 5.96 Å². The molecule has 1 fully saturated rings. The molecule has 1 aromatic rings. The van der Waals surface area contributed by atoms with Crippen molar-refractivity contribution in [3.63, 3.8) is 0 Å². The van der Waals surface area contributed by atoms with E-state index in [2.05, 4.69) is 15.4 Å². The van der Waals surface area contributed by atoms with Crippen LogP contribution in [0.15, 0.2) is 11.2 Å². The van der Waals surface area contributed by atoms with Crippen LogP contribution in [0.3, 0.4) is 0 Å². The van der Waals surface area contributed by atoms with Crippen LogP contribution in [0, 0.1) is 0 Å². The van der Waals surface area contributed by atoms with Crippen LogP contribution in [-0.2, 0) is 19.8 Å². The maximum Gasteiger partial charge on any atom is 0.435 e. The molecule has 1 aliphatic rings. The van der Waals surface area contributed by atoms with Crippen molar-refractivity contribution in [1.82, 2.24) is 15.1 Å². The highest BCUT2D eigenvalue weighted by molar-refractivity contribution is 5.78. The Bertz CT molecular complexity index is 459. The number of rotatable bonds is 3. The van der Waals surface area contributed by atoms with E-state index in [9.17, 15) is 13.2 Å². The van der Waals surface area contributed by atoms with E-state index in [0.717, 1.165) is 17.5 Å². The molecule has 3 N–H and O–H groups in total. The maximum absolute atomic E-state index is 12.6. The van der Waals surface area contributed by atoms with Gasteiger partial charge in [-0.25, -0.2) is 4.99 Å². The van der Waals surface area contributed by atoms with E-state index in [1.54, 1.807) is 0 Å². The van der Waals surface area contributed by atoms with Gasteiger partial charge in [-0.1, -0.05) is 0 Å². The number of aromatic nitrogens is 2. The summed E-state index contributed by atoms with van der Waals surface area (Å²) in [6.45, 7) is -0.131. The first-order valence-corrected chi connectivity index (χ1v) is 5.52. The first-order valence-electron chi connectivity index (χ1n) is 5.52. The van der Waals surface area contributed by atoms with Gasteiger partial charge in [0.05, 0.1) is 6.54 Å². The molecule has 0 atom stereocenters. The number of nitrogens with zero attached hydrogens (tertiary/aromatic N) is 3. The van der Waals surface area contributed by atoms with Crippen LogP contribution >= 0.6 is 0 Å². The third-order valence-corrected chi connectivity index (χ3v) is 2.52. The Kier molecular flexibility index (Phi) is 3.18. The number of nitrogens with one attached hydrogen (secondary N) is 1. The van der Waals surface area contributed by atoms with Gasteiger partial charge in [0.25, 0.3) is 0 Å². The Labute approximate surface area is 102 Å². The lowest BCUT2D eigenvalue weighted by atomic mass is 10.2. The second-order valence-corrected chi connectivity index (χ2v) is 4.29. The fraction of sp³-hybridized carbons (Fsp3) is 0.600. The third kappa shape index (κ3) is 3.14. The van der Waals surface area contributed by atoms with Gasteiger partial charge in [0, 0.05) is 24.8 Å². The summed E-state index contributed by atoms with van der Waals surface area (Å²) in [4.78, 5) is 3.89. The molecule has 2 rings (SSSR count). The fourth-order valence-corrected chi connectivity index (χ4v) is 1.54. The lowest BCUT2D eigenvalue weighted by molar-refractivity contribution is -0.142. The molecule has 1 heterocycles. The lowest BCUT2D eigenvalue weighted by Crippen LogP contribution is -2.33. The second-order valence-electron chi connectivity index (χ2n) is 4.29. The summed E-state index contributed by atoms with van der Waals surface area (Å²) < 4.78 is 39.0. The van der Waals surface area contributed by atoms with Crippen LogP contribution in [0.25, 0.3) is 0 Å². The van der Waals surface area contributed by atoms with E-state index in [0.29, 0.717) is 6.04 Å². The molecule has 0 radical (unpaired) electrons. The summed E-state index contributed by atoms with van der Waals surface area (Å²) in [5, 5.41) is 6.30. The number of aliphatic imine (C=N–C) groups is 1. The largest absolute Gasteiger partial charge is 0.435 e. The van der Waals surface area contributed by atoms with Gasteiger partial charge in [0.1, 0.15) is 0 Å². The normalized spacial score (nSPS) is 17.0. The van der Waals surface area contributed by atoms with Gasteiger partial charge in [-0.3, -0.25) is 4.68 Å². The van der Waals surface area contributed by atoms with Crippen LogP contribution < -0.4 is 11.1 Å². The zero-order valence-corrected chi connectivity index (χ0v) is 9.83. The number of alkyl halides is 3. The van der Waals surface area contributed by atoms with Crippen LogP contribution in [0.4, 0.5) is 13.2 Å². The number of halogens is 3. The molecule has 0 bridgehead atoms. The predicted molar refractivity (Wildman–Crippen MR) is 59.7 cm³/mol. The Hall–Kier alpha value is -1.73. The summed E-state index contributed by atoms with van der Waals surface area (Å²) in [6, 6.07) is 0.324. The van der Waals surface area contributed by atoms with Crippen LogP contribution in [0.2, 0.25) is 0 Å². The van der Waals surface area contributed by atoms with Crippen molar-refractivity contribution in [2.75, 3.05) is 0 Å². The SMILES string of the molecule is Cn1cc(CN=C(N)NC2CC2)c(C(F)(F)F)n1. The highest BCUT2D eigenvalue weighted by Crippen LogP contribution is 2.30. The molecule has 0 unspecified atom stereocenters.